The molecule has 3 rings (SSSR count). The highest BCUT2D eigenvalue weighted by Crippen LogP contribution is 2.36. The average molecular weight is 391 g/mol. The van der Waals surface area contributed by atoms with Gasteiger partial charge >= 0.3 is 6.03 Å². The molecule has 134 valence electrons. The van der Waals surface area contributed by atoms with Gasteiger partial charge in [0.15, 0.2) is 0 Å². The molecule has 26 heavy (non-hydrogen) atoms. The van der Waals surface area contributed by atoms with E-state index in [-0.39, 0.29) is 12.3 Å². The third-order valence-corrected chi connectivity index (χ3v) is 5.02. The number of carbonyl (C=O) groups excluding carboxylic acids is 3. The second-order valence-electron chi connectivity index (χ2n) is 5.43. The van der Waals surface area contributed by atoms with Crippen LogP contribution in [0.5, 0.6) is 0 Å². The molecule has 1 aliphatic rings. The predicted molar refractivity (Wildman–Crippen MR) is 101 cm³/mol. The fraction of sp³-hybridized carbons (Fsp3) is 0.118. The van der Waals surface area contributed by atoms with Crippen molar-refractivity contribution in [3.63, 3.8) is 0 Å². The Morgan fingerprint density at radius 2 is 1.81 bits per heavy atom. The topological polar surface area (TPSA) is 99.3 Å². The molecule has 0 unspecified atom stereocenters. The lowest BCUT2D eigenvalue weighted by Crippen LogP contribution is -2.45. The van der Waals surface area contributed by atoms with Crippen molar-refractivity contribution >= 4 is 52.6 Å². The monoisotopic (exact) mass is 390 g/mol. The highest BCUT2D eigenvalue weighted by Gasteiger charge is 2.28. The molecule has 1 heterocycles. The van der Waals surface area contributed by atoms with Gasteiger partial charge in [0.2, 0.25) is 11.8 Å². The van der Waals surface area contributed by atoms with Crippen LogP contribution in [0, 0.1) is 0 Å². The average Bonchev–Trinajstić information content (AvgIpc) is 2.62. The van der Waals surface area contributed by atoms with Crippen molar-refractivity contribution in [1.29, 1.82) is 0 Å². The van der Waals surface area contributed by atoms with E-state index in [1.54, 1.807) is 30.3 Å². The van der Waals surface area contributed by atoms with E-state index in [2.05, 4.69) is 21.5 Å². The minimum Gasteiger partial charge on any atom is -0.324 e. The first-order valence-corrected chi connectivity index (χ1v) is 8.95. The molecule has 2 aromatic carbocycles. The molecule has 0 radical (unpaired) electrons. The van der Waals surface area contributed by atoms with Crippen LogP contribution in [0.2, 0.25) is 5.02 Å². The van der Waals surface area contributed by atoms with E-state index in [1.807, 2.05) is 18.2 Å². The largest absolute Gasteiger partial charge is 0.337 e. The number of hydrogen-bond donors (Lipinski definition) is 4. The summed E-state index contributed by atoms with van der Waals surface area (Å²) in [5, 5.41) is 5.30. The lowest BCUT2D eigenvalue weighted by Gasteiger charge is -2.23. The Balaban J connectivity index is 1.47. The number of nitrogens with one attached hydrogen (secondary N) is 4. The fourth-order valence-corrected chi connectivity index (χ4v) is 3.50. The maximum atomic E-state index is 12.1. The number of para-hydroxylation sites is 1. The zero-order valence-electron chi connectivity index (χ0n) is 13.4. The SMILES string of the molecule is O=C(C[C@@H]1Sc2ccccc2NC1=O)NNC(=O)Nc1ccc(Cl)cc1. The number of carbonyl (C=O) groups is 3. The summed E-state index contributed by atoms with van der Waals surface area (Å²) in [6.45, 7) is 0. The van der Waals surface area contributed by atoms with Crippen molar-refractivity contribution in [2.45, 2.75) is 16.6 Å². The fourth-order valence-electron chi connectivity index (χ4n) is 2.27. The summed E-state index contributed by atoms with van der Waals surface area (Å²) in [6, 6.07) is 13.3. The third-order valence-electron chi connectivity index (χ3n) is 3.49. The molecule has 4 N–H and O–H groups in total. The van der Waals surface area contributed by atoms with Gasteiger partial charge in [-0.05, 0) is 36.4 Å². The number of fused-ring (bicyclic) bond motifs is 1. The van der Waals surface area contributed by atoms with E-state index in [9.17, 15) is 14.4 Å². The molecule has 0 saturated heterocycles. The van der Waals surface area contributed by atoms with Crippen LogP contribution in [-0.2, 0) is 9.59 Å². The Morgan fingerprint density at radius 1 is 1.08 bits per heavy atom. The molecule has 0 saturated carbocycles. The Morgan fingerprint density at radius 3 is 2.58 bits per heavy atom. The molecule has 0 aromatic heterocycles. The normalized spacial score (nSPS) is 15.4. The zero-order valence-corrected chi connectivity index (χ0v) is 15.0. The van der Waals surface area contributed by atoms with Gasteiger partial charge < -0.3 is 10.6 Å². The van der Waals surface area contributed by atoms with Crippen molar-refractivity contribution in [3.05, 3.63) is 53.6 Å². The van der Waals surface area contributed by atoms with Gasteiger partial charge in [-0.1, -0.05) is 23.7 Å². The van der Waals surface area contributed by atoms with Crippen LogP contribution < -0.4 is 21.5 Å². The number of amides is 4. The smallest absolute Gasteiger partial charge is 0.324 e. The third kappa shape index (κ3) is 4.68. The highest BCUT2D eigenvalue weighted by molar-refractivity contribution is 8.01. The van der Waals surface area contributed by atoms with E-state index in [4.69, 9.17) is 11.6 Å². The van der Waals surface area contributed by atoms with E-state index in [0.717, 1.165) is 10.6 Å². The van der Waals surface area contributed by atoms with Crippen molar-refractivity contribution in [3.8, 4) is 0 Å². The maximum absolute atomic E-state index is 12.1. The molecule has 2 aromatic rings. The van der Waals surface area contributed by atoms with Crippen LogP contribution in [0.25, 0.3) is 0 Å². The first-order chi connectivity index (χ1) is 12.5. The lowest BCUT2D eigenvalue weighted by atomic mass is 10.2. The maximum Gasteiger partial charge on any atom is 0.337 e. The van der Waals surface area contributed by atoms with Gasteiger partial charge in [0.1, 0.15) is 0 Å². The molecule has 0 bridgehead atoms. The number of halogens is 1. The van der Waals surface area contributed by atoms with E-state index >= 15 is 0 Å². The summed E-state index contributed by atoms with van der Waals surface area (Å²) in [5.41, 5.74) is 5.79. The second kappa shape index (κ2) is 8.11. The first-order valence-electron chi connectivity index (χ1n) is 7.69. The number of anilines is 2. The number of thioether (sulfide) groups is 1. The van der Waals surface area contributed by atoms with Crippen LogP contribution in [0.3, 0.4) is 0 Å². The van der Waals surface area contributed by atoms with Crippen molar-refractivity contribution in [2.75, 3.05) is 10.6 Å². The van der Waals surface area contributed by atoms with Gasteiger partial charge in [0.25, 0.3) is 0 Å². The lowest BCUT2D eigenvalue weighted by molar-refractivity contribution is -0.124. The minimum absolute atomic E-state index is 0.0634. The van der Waals surface area contributed by atoms with Crippen LogP contribution in [0.1, 0.15) is 6.42 Å². The number of urea groups is 1. The summed E-state index contributed by atoms with van der Waals surface area (Å²) in [4.78, 5) is 36.8. The summed E-state index contributed by atoms with van der Waals surface area (Å²) in [5.74, 6) is -0.710. The molecule has 0 fully saturated rings. The van der Waals surface area contributed by atoms with Crippen LogP contribution in [-0.4, -0.2) is 23.1 Å². The summed E-state index contributed by atoms with van der Waals surface area (Å²) < 4.78 is 0. The van der Waals surface area contributed by atoms with Gasteiger partial charge in [0.05, 0.1) is 10.9 Å². The number of hydrazine groups is 1. The predicted octanol–water partition coefficient (Wildman–Crippen LogP) is 3.00. The Kier molecular flexibility index (Phi) is 5.65. The Bertz CT molecular complexity index is 844. The summed E-state index contributed by atoms with van der Waals surface area (Å²) in [7, 11) is 0. The molecule has 9 heteroatoms. The molecule has 4 amide bonds. The minimum atomic E-state index is -0.605. The molecular formula is C17H15ClN4O3S. The van der Waals surface area contributed by atoms with Crippen LogP contribution >= 0.6 is 23.4 Å². The van der Waals surface area contributed by atoms with Crippen molar-refractivity contribution < 1.29 is 14.4 Å². The van der Waals surface area contributed by atoms with Gasteiger partial charge in [-0.15, -0.1) is 11.8 Å². The van der Waals surface area contributed by atoms with Crippen LogP contribution in [0.15, 0.2) is 53.4 Å². The molecule has 0 spiro atoms. The van der Waals surface area contributed by atoms with Gasteiger partial charge in [0, 0.05) is 22.0 Å². The summed E-state index contributed by atoms with van der Waals surface area (Å²) in [6.07, 6.45) is -0.0634. The van der Waals surface area contributed by atoms with Gasteiger partial charge in [-0.3, -0.25) is 15.0 Å². The van der Waals surface area contributed by atoms with Crippen molar-refractivity contribution in [1.82, 2.24) is 10.9 Å². The Hall–Kier alpha value is -2.71. The van der Waals surface area contributed by atoms with Crippen LogP contribution in [0.4, 0.5) is 16.2 Å². The van der Waals surface area contributed by atoms with E-state index < -0.39 is 17.2 Å². The van der Waals surface area contributed by atoms with Gasteiger partial charge in [-0.2, -0.15) is 0 Å². The number of rotatable bonds is 3. The molecule has 0 aliphatic carbocycles. The molecule has 1 atom stereocenters. The summed E-state index contributed by atoms with van der Waals surface area (Å²) >= 11 is 7.08. The Labute approximate surface area is 158 Å². The van der Waals surface area contributed by atoms with Crippen molar-refractivity contribution in [2.24, 2.45) is 0 Å². The molecule has 1 aliphatic heterocycles. The number of hydrogen-bond acceptors (Lipinski definition) is 4. The van der Waals surface area contributed by atoms with E-state index in [1.165, 1.54) is 11.8 Å². The highest BCUT2D eigenvalue weighted by atomic mass is 35.5. The zero-order chi connectivity index (χ0) is 18.5. The molecule has 7 nitrogen and oxygen atoms in total. The second-order valence-corrected chi connectivity index (χ2v) is 7.11. The van der Waals surface area contributed by atoms with Gasteiger partial charge in [-0.25, -0.2) is 10.2 Å². The molecular weight excluding hydrogens is 376 g/mol. The van der Waals surface area contributed by atoms with E-state index in [0.29, 0.717) is 10.7 Å². The standard InChI is InChI=1S/C17H15ClN4O3S/c18-10-5-7-11(8-6-10)19-17(25)22-21-15(23)9-14-16(24)20-12-3-1-2-4-13(12)26-14/h1-8,14H,9H2,(H,20,24)(H,21,23)(H2,19,22,25)/t14-/m0/s1. The number of benzene rings is 2. The first kappa shape index (κ1) is 18.1. The quantitative estimate of drug-likeness (QED) is 0.605.